The molecule has 0 unspecified atom stereocenters. The second-order valence-electron chi connectivity index (χ2n) is 7.64. The van der Waals surface area contributed by atoms with Crippen LogP contribution in [-0.2, 0) is 12.8 Å². The highest BCUT2D eigenvalue weighted by atomic mass is 14.2. The molecule has 0 aliphatic heterocycles. The van der Waals surface area contributed by atoms with Gasteiger partial charge in [-0.3, -0.25) is 0 Å². The Kier molecular flexibility index (Phi) is 7.15. The molecule has 0 saturated carbocycles. The van der Waals surface area contributed by atoms with Crippen molar-refractivity contribution in [3.63, 3.8) is 0 Å². The normalized spacial score (nSPS) is 12.2. The van der Waals surface area contributed by atoms with Gasteiger partial charge in [0, 0.05) is 0 Å². The van der Waals surface area contributed by atoms with Crippen molar-refractivity contribution in [3.05, 3.63) is 59.2 Å². The molecule has 0 fully saturated rings. The van der Waals surface area contributed by atoms with Crippen LogP contribution in [0.2, 0.25) is 0 Å². The summed E-state index contributed by atoms with van der Waals surface area (Å²) in [5.74, 6) is 0. The molecule has 0 spiro atoms. The van der Waals surface area contributed by atoms with Crippen molar-refractivity contribution in [2.24, 2.45) is 0 Å². The molecule has 0 bridgehead atoms. The Labute approximate surface area is 154 Å². The van der Waals surface area contributed by atoms with Gasteiger partial charge >= 0.3 is 0 Å². The van der Waals surface area contributed by atoms with E-state index in [-0.39, 0.29) is 0 Å². The van der Waals surface area contributed by atoms with Crippen molar-refractivity contribution in [1.29, 1.82) is 0 Å². The van der Waals surface area contributed by atoms with Crippen LogP contribution in [-0.4, -0.2) is 0 Å². The fourth-order valence-corrected chi connectivity index (χ4v) is 4.06. The van der Waals surface area contributed by atoms with Gasteiger partial charge in [-0.2, -0.15) is 0 Å². The van der Waals surface area contributed by atoms with Crippen LogP contribution in [0.15, 0.2) is 36.4 Å². The summed E-state index contributed by atoms with van der Waals surface area (Å²) in [6, 6.07) is 17.1. The second-order valence-corrected chi connectivity index (χ2v) is 7.64. The Balaban J connectivity index is 1.33. The first-order valence-electron chi connectivity index (χ1n) is 10.5. The summed E-state index contributed by atoms with van der Waals surface area (Å²) in [5.41, 5.74) is 7.10. The summed E-state index contributed by atoms with van der Waals surface area (Å²) in [4.78, 5) is 0. The first-order valence-corrected chi connectivity index (χ1v) is 10.5. The molecule has 3 rings (SSSR count). The molecule has 0 heteroatoms. The van der Waals surface area contributed by atoms with Crippen LogP contribution >= 0.6 is 0 Å². The summed E-state index contributed by atoms with van der Waals surface area (Å²) < 4.78 is 0. The van der Waals surface area contributed by atoms with E-state index in [1.807, 2.05) is 0 Å². The van der Waals surface area contributed by atoms with Crippen LogP contribution in [0.3, 0.4) is 0 Å². The van der Waals surface area contributed by atoms with E-state index in [1.165, 1.54) is 98.4 Å². The minimum Gasteiger partial charge on any atom is -0.0654 e. The third-order valence-corrected chi connectivity index (χ3v) is 5.56. The average molecular weight is 334 g/mol. The van der Waals surface area contributed by atoms with Gasteiger partial charge in [0.15, 0.2) is 0 Å². The predicted molar refractivity (Wildman–Crippen MR) is 109 cm³/mol. The molecule has 133 valence electrons. The summed E-state index contributed by atoms with van der Waals surface area (Å²) in [6.45, 7) is 2.29. The van der Waals surface area contributed by atoms with Crippen molar-refractivity contribution in [1.82, 2.24) is 0 Å². The molecule has 0 atom stereocenters. The maximum atomic E-state index is 3.70. The fourth-order valence-electron chi connectivity index (χ4n) is 4.06. The predicted octanol–water partition coefficient (Wildman–Crippen LogP) is 7.52. The van der Waals surface area contributed by atoms with E-state index in [2.05, 4.69) is 49.4 Å². The maximum Gasteiger partial charge on any atom is -0.000718 e. The topological polar surface area (TPSA) is 0 Å². The first-order chi connectivity index (χ1) is 12.4. The van der Waals surface area contributed by atoms with Crippen molar-refractivity contribution in [3.8, 4) is 11.1 Å². The van der Waals surface area contributed by atoms with E-state index in [1.54, 1.807) is 0 Å². The lowest BCUT2D eigenvalue weighted by molar-refractivity contribution is 0.556. The number of unbranched alkanes of at least 4 members (excludes halogenated alkanes) is 9. The van der Waals surface area contributed by atoms with Crippen molar-refractivity contribution in [2.45, 2.75) is 84.0 Å². The molecule has 1 aliphatic rings. The van der Waals surface area contributed by atoms with Crippen LogP contribution in [0.4, 0.5) is 0 Å². The minimum atomic E-state index is 1.07. The highest BCUT2D eigenvalue weighted by molar-refractivity contribution is 5.76. The summed E-state index contributed by atoms with van der Waals surface area (Å²) in [6.07, 6.45) is 16.3. The fraction of sp³-hybridized carbons (Fsp3) is 0.520. The van der Waals surface area contributed by atoms with Gasteiger partial charge in [0.2, 0.25) is 0 Å². The van der Waals surface area contributed by atoms with Crippen molar-refractivity contribution < 1.29 is 0 Å². The van der Waals surface area contributed by atoms with Gasteiger partial charge in [-0.1, -0.05) is 101 Å². The van der Waals surface area contributed by atoms with Crippen LogP contribution in [0, 0.1) is 6.07 Å². The molecule has 0 nitrogen and oxygen atoms in total. The highest BCUT2D eigenvalue weighted by Gasteiger charge is 2.17. The summed E-state index contributed by atoms with van der Waals surface area (Å²) in [5, 5.41) is 0. The monoisotopic (exact) mass is 333 g/mol. The number of benzene rings is 2. The molecule has 0 aromatic heterocycles. The van der Waals surface area contributed by atoms with E-state index in [4.69, 9.17) is 0 Å². The van der Waals surface area contributed by atoms with E-state index in [9.17, 15) is 0 Å². The van der Waals surface area contributed by atoms with Gasteiger partial charge in [0.1, 0.15) is 0 Å². The molecular formula is C25H33. The molecule has 25 heavy (non-hydrogen) atoms. The highest BCUT2D eigenvalue weighted by Crippen LogP contribution is 2.36. The molecule has 1 radical (unpaired) electrons. The Morgan fingerprint density at radius 3 is 2.16 bits per heavy atom. The van der Waals surface area contributed by atoms with Crippen LogP contribution in [0.1, 0.15) is 87.8 Å². The van der Waals surface area contributed by atoms with E-state index in [0.717, 1.165) is 6.42 Å². The van der Waals surface area contributed by atoms with Crippen LogP contribution in [0.25, 0.3) is 11.1 Å². The molecule has 0 N–H and O–H groups in total. The quantitative estimate of drug-likeness (QED) is 0.318. The zero-order valence-electron chi connectivity index (χ0n) is 15.9. The molecule has 2 aromatic rings. The largest absolute Gasteiger partial charge is 0.0654 e. The Morgan fingerprint density at radius 1 is 0.720 bits per heavy atom. The number of fused-ring (bicyclic) bond motifs is 3. The van der Waals surface area contributed by atoms with Gasteiger partial charge < -0.3 is 0 Å². The standard InChI is InChI=1S/C25H33/c1-2-3-4-5-6-7-8-9-10-11-14-21-17-18-25-23(19-21)20-22-15-12-13-16-24(22)25/h12-13,15-18H,2-11,14,20H2,1H3. The zero-order valence-corrected chi connectivity index (χ0v) is 15.9. The molecule has 0 saturated heterocycles. The number of hydrogen-bond acceptors (Lipinski definition) is 0. The number of rotatable bonds is 11. The lowest BCUT2D eigenvalue weighted by Crippen LogP contribution is -1.90. The van der Waals surface area contributed by atoms with Gasteiger partial charge in [-0.15, -0.1) is 0 Å². The third-order valence-electron chi connectivity index (χ3n) is 5.56. The Bertz CT molecular complexity index is 653. The van der Waals surface area contributed by atoms with Gasteiger partial charge in [-0.05, 0) is 53.1 Å². The molecule has 1 aliphatic carbocycles. The Morgan fingerprint density at radius 2 is 1.40 bits per heavy atom. The van der Waals surface area contributed by atoms with Crippen LogP contribution in [0.5, 0.6) is 0 Å². The smallest absolute Gasteiger partial charge is 0.000718 e. The first kappa shape index (κ1) is 18.2. The van der Waals surface area contributed by atoms with Gasteiger partial charge in [0.05, 0.1) is 0 Å². The Hall–Kier alpha value is -1.56. The average Bonchev–Trinajstić information content (AvgIpc) is 3.01. The molecule has 0 heterocycles. The number of hydrogen-bond donors (Lipinski definition) is 0. The molecule has 2 aromatic carbocycles. The van der Waals surface area contributed by atoms with E-state index in [0.29, 0.717) is 0 Å². The van der Waals surface area contributed by atoms with E-state index < -0.39 is 0 Å². The van der Waals surface area contributed by atoms with Crippen molar-refractivity contribution >= 4 is 0 Å². The SMILES string of the molecule is CCCCCCCCCCCCc1[c]c2c(cc1)-c1ccccc1C2. The third kappa shape index (κ3) is 5.21. The summed E-state index contributed by atoms with van der Waals surface area (Å²) in [7, 11) is 0. The number of aryl methyl sites for hydroxylation is 1. The molecular weight excluding hydrogens is 300 g/mol. The van der Waals surface area contributed by atoms with Gasteiger partial charge in [-0.25, -0.2) is 0 Å². The summed E-state index contributed by atoms with van der Waals surface area (Å²) >= 11 is 0. The van der Waals surface area contributed by atoms with Crippen molar-refractivity contribution in [2.75, 3.05) is 0 Å². The van der Waals surface area contributed by atoms with Gasteiger partial charge in [0.25, 0.3) is 0 Å². The molecule has 0 amide bonds. The van der Waals surface area contributed by atoms with E-state index >= 15 is 0 Å². The second kappa shape index (κ2) is 9.80. The lowest BCUT2D eigenvalue weighted by atomic mass is 9.99. The lowest BCUT2D eigenvalue weighted by Gasteiger charge is -2.05. The minimum absolute atomic E-state index is 1.07. The maximum absolute atomic E-state index is 3.70. The zero-order chi connectivity index (χ0) is 17.3. The van der Waals surface area contributed by atoms with Crippen LogP contribution < -0.4 is 0 Å².